The van der Waals surface area contributed by atoms with Crippen LogP contribution < -0.4 is 5.32 Å². The first-order valence-electron chi connectivity index (χ1n) is 19.4. The molecule has 6 aliphatic rings. The van der Waals surface area contributed by atoms with Crippen molar-refractivity contribution in [3.05, 3.63) is 53.5 Å². The van der Waals surface area contributed by atoms with Crippen molar-refractivity contribution < 1.29 is 14.3 Å². The molecule has 3 fully saturated rings. The summed E-state index contributed by atoms with van der Waals surface area (Å²) < 4.78 is 8.78. The van der Waals surface area contributed by atoms with Crippen LogP contribution in [0.15, 0.2) is 36.5 Å². The smallest absolute Gasteiger partial charge is 0.224 e. The molecule has 1 N–H and O–H groups in total. The Hall–Kier alpha value is -2.59. The first kappa shape index (κ1) is 34.8. The van der Waals surface area contributed by atoms with E-state index in [-0.39, 0.29) is 23.3 Å². The number of hydrogen-bond acceptors (Lipinski definition) is 6. The molecule has 1 saturated carbocycles. The van der Waals surface area contributed by atoms with Crippen LogP contribution in [0.2, 0.25) is 25.7 Å². The molecule has 1 amide bonds. The third-order valence-corrected chi connectivity index (χ3v) is 14.1. The monoisotopic (exact) mass is 685 g/mol. The molecule has 5 aliphatic heterocycles. The molecular formula is C40H59N5O3Si. The van der Waals surface area contributed by atoms with Crippen molar-refractivity contribution in [1.29, 1.82) is 0 Å². The second-order valence-corrected chi connectivity index (χ2v) is 22.5. The van der Waals surface area contributed by atoms with Gasteiger partial charge >= 0.3 is 0 Å². The van der Waals surface area contributed by atoms with Gasteiger partial charge in [0, 0.05) is 64.2 Å². The fraction of sp³-hybridized carbons (Fsp3) is 0.675. The van der Waals surface area contributed by atoms with E-state index in [1.807, 2.05) is 6.92 Å². The molecule has 2 saturated heterocycles. The number of carbonyl (C=O) groups is 2. The van der Waals surface area contributed by atoms with Crippen LogP contribution in [0.5, 0.6) is 0 Å². The van der Waals surface area contributed by atoms with E-state index in [4.69, 9.17) is 9.72 Å². The van der Waals surface area contributed by atoms with Gasteiger partial charge in [0.05, 0.1) is 17.9 Å². The predicted molar refractivity (Wildman–Crippen MR) is 198 cm³/mol. The summed E-state index contributed by atoms with van der Waals surface area (Å²) in [6.07, 6.45) is 17.3. The van der Waals surface area contributed by atoms with Crippen LogP contribution in [0.3, 0.4) is 0 Å². The van der Waals surface area contributed by atoms with Crippen LogP contribution >= 0.6 is 0 Å². The summed E-state index contributed by atoms with van der Waals surface area (Å²) in [5.41, 5.74) is 5.45. The first-order valence-corrected chi connectivity index (χ1v) is 23.1. The highest BCUT2D eigenvalue weighted by Crippen LogP contribution is 2.60. The molecule has 1 spiro atoms. The molecule has 266 valence electrons. The zero-order chi connectivity index (χ0) is 34.2. The normalized spacial score (nSPS) is 31.1. The zero-order valence-corrected chi connectivity index (χ0v) is 31.5. The highest BCUT2D eigenvalue weighted by Gasteiger charge is 2.58. The Labute approximate surface area is 295 Å². The Bertz CT molecular complexity index is 1540. The third-order valence-electron chi connectivity index (χ3n) is 12.4. The fourth-order valence-electron chi connectivity index (χ4n) is 9.22. The van der Waals surface area contributed by atoms with Crippen LogP contribution in [0.25, 0.3) is 11.3 Å². The highest BCUT2D eigenvalue weighted by molar-refractivity contribution is 6.76. The predicted octanol–water partition coefficient (Wildman–Crippen LogP) is 7.81. The molecule has 0 radical (unpaired) electrons. The van der Waals surface area contributed by atoms with Crippen molar-refractivity contribution in [2.75, 3.05) is 32.8 Å². The van der Waals surface area contributed by atoms with Crippen molar-refractivity contribution in [3.63, 3.8) is 0 Å². The average Bonchev–Trinajstić information content (AvgIpc) is 3.34. The molecule has 1 aromatic heterocycles. The number of fused-ring (bicyclic) bond motifs is 7. The van der Waals surface area contributed by atoms with Gasteiger partial charge in [0.2, 0.25) is 5.91 Å². The Morgan fingerprint density at radius 3 is 2.65 bits per heavy atom. The van der Waals surface area contributed by atoms with Crippen molar-refractivity contribution in [3.8, 4) is 11.3 Å². The number of carbonyl (C=O) groups excluding carboxylic acids is 2. The van der Waals surface area contributed by atoms with Gasteiger partial charge in [-0.3, -0.25) is 19.4 Å². The zero-order valence-electron chi connectivity index (χ0n) is 30.5. The van der Waals surface area contributed by atoms with E-state index in [0.29, 0.717) is 37.4 Å². The lowest BCUT2D eigenvalue weighted by molar-refractivity contribution is -0.124. The molecule has 8 bridgehead atoms. The van der Waals surface area contributed by atoms with E-state index < -0.39 is 8.07 Å². The Morgan fingerprint density at radius 2 is 1.86 bits per heavy atom. The second-order valence-electron chi connectivity index (χ2n) is 16.8. The Balaban J connectivity index is 1.24. The summed E-state index contributed by atoms with van der Waals surface area (Å²) in [5.74, 6) is 1.52. The molecule has 49 heavy (non-hydrogen) atoms. The van der Waals surface area contributed by atoms with Crippen LogP contribution in [-0.4, -0.2) is 71.9 Å². The minimum absolute atomic E-state index is 0.0887. The van der Waals surface area contributed by atoms with Gasteiger partial charge in [-0.2, -0.15) is 0 Å². The maximum absolute atomic E-state index is 14.1. The van der Waals surface area contributed by atoms with Crippen LogP contribution in [0, 0.1) is 11.3 Å². The Morgan fingerprint density at radius 1 is 1.06 bits per heavy atom. The number of ketones is 1. The van der Waals surface area contributed by atoms with E-state index in [1.165, 1.54) is 29.5 Å². The summed E-state index contributed by atoms with van der Waals surface area (Å²) in [4.78, 5) is 36.5. The molecule has 8 rings (SSSR count). The summed E-state index contributed by atoms with van der Waals surface area (Å²) in [7, 11) is -1.26. The van der Waals surface area contributed by atoms with Gasteiger partial charge in [0.15, 0.2) is 0 Å². The topological polar surface area (TPSA) is 79.7 Å². The van der Waals surface area contributed by atoms with Gasteiger partial charge in [-0.15, -0.1) is 0 Å². The SMILES string of the molecule is CCC(=O)CCCCC[C@@H]1NC(=O)[C@H]2CC23CCN(C/C=C\CN2C4CCC2c2c(cccc24)-c2cnc1n2COCC[Si](C)(C)C)CC3. The van der Waals surface area contributed by atoms with Gasteiger partial charge in [-0.1, -0.05) is 69.8 Å². The lowest BCUT2D eigenvalue weighted by atomic mass is 9.87. The molecule has 1 aliphatic carbocycles. The number of amides is 1. The number of benzene rings is 1. The number of unbranched alkanes of at least 4 members (excludes halogenated alkanes) is 2. The number of imidazole rings is 1. The van der Waals surface area contributed by atoms with E-state index in [0.717, 1.165) is 95.3 Å². The standard InChI is InChI=1S/C40H59N5O3Si/c1-5-29(46)12-7-6-8-15-33-38-41-27-36(45(38)28-48-24-25-49(2,3)4)31-14-11-13-30-34-16-17-35(37(30)31)44(34)21-10-9-20-43-22-18-40(19-23-43)26-32(40)39(47)42-33/h9-11,13-14,27,32-35H,5-8,12,15-26,28H2,1-4H3,(H,42,47)/b10-9-/t32-,33+,34?,35?/m1/s1. The van der Waals surface area contributed by atoms with E-state index in [1.54, 1.807) is 0 Å². The van der Waals surface area contributed by atoms with Crippen molar-refractivity contribution in [2.45, 2.75) is 128 Å². The van der Waals surface area contributed by atoms with E-state index in [2.05, 4.69) is 75.9 Å². The lowest BCUT2D eigenvalue weighted by Crippen LogP contribution is -2.38. The molecular weight excluding hydrogens is 627 g/mol. The number of Topliss-reactive ketones (excluding diaryl/α,β-unsaturated/α-hetero) is 1. The number of rotatable bonds is 12. The van der Waals surface area contributed by atoms with Gasteiger partial charge in [0.1, 0.15) is 18.3 Å². The fourth-order valence-corrected chi connectivity index (χ4v) is 9.98. The molecule has 2 aromatic rings. The van der Waals surface area contributed by atoms with Gasteiger partial charge in [-0.25, -0.2) is 4.98 Å². The molecule has 9 heteroatoms. The largest absolute Gasteiger partial charge is 0.361 e. The van der Waals surface area contributed by atoms with Crippen molar-refractivity contribution in [1.82, 2.24) is 24.7 Å². The number of nitrogens with one attached hydrogen (secondary N) is 1. The minimum Gasteiger partial charge on any atom is -0.361 e. The average molecular weight is 686 g/mol. The molecule has 5 atom stereocenters. The summed E-state index contributed by atoms with van der Waals surface area (Å²) in [6, 6.07) is 8.64. The van der Waals surface area contributed by atoms with Crippen LogP contribution in [0.1, 0.15) is 113 Å². The molecule has 3 unspecified atom stereocenters. The number of hydrogen-bond donors (Lipinski definition) is 1. The summed E-state index contributed by atoms with van der Waals surface area (Å²) >= 11 is 0. The van der Waals surface area contributed by atoms with Crippen LogP contribution in [0.4, 0.5) is 0 Å². The van der Waals surface area contributed by atoms with Crippen molar-refractivity contribution >= 4 is 19.8 Å². The summed E-state index contributed by atoms with van der Waals surface area (Å²) in [6.45, 7) is 14.4. The first-order chi connectivity index (χ1) is 23.7. The maximum Gasteiger partial charge on any atom is 0.224 e. The number of aromatic nitrogens is 2. The van der Waals surface area contributed by atoms with E-state index >= 15 is 0 Å². The van der Waals surface area contributed by atoms with E-state index in [9.17, 15) is 9.59 Å². The minimum atomic E-state index is -1.26. The lowest BCUT2D eigenvalue weighted by Gasteiger charge is -2.32. The van der Waals surface area contributed by atoms with Gasteiger partial charge in [-0.05, 0) is 80.6 Å². The van der Waals surface area contributed by atoms with Crippen LogP contribution in [-0.2, 0) is 21.1 Å². The van der Waals surface area contributed by atoms with Gasteiger partial charge < -0.3 is 14.6 Å². The Kier molecular flexibility index (Phi) is 10.4. The number of nitrogens with zero attached hydrogens (tertiary/aromatic N) is 4. The third kappa shape index (κ3) is 7.42. The quantitative estimate of drug-likeness (QED) is 0.140. The molecule has 6 heterocycles. The second kappa shape index (κ2) is 14.6. The molecule has 1 aromatic carbocycles. The maximum atomic E-state index is 14.1. The highest BCUT2D eigenvalue weighted by atomic mass is 28.3. The molecule has 8 nitrogen and oxygen atoms in total. The summed E-state index contributed by atoms with van der Waals surface area (Å²) in [5, 5.41) is 3.56. The van der Waals surface area contributed by atoms with Crippen molar-refractivity contribution in [2.24, 2.45) is 11.3 Å². The number of piperidine rings is 1. The van der Waals surface area contributed by atoms with Gasteiger partial charge in [0.25, 0.3) is 0 Å². The number of ether oxygens (including phenoxy) is 1.